The Bertz CT molecular complexity index is 2390. The highest BCUT2D eigenvalue weighted by Crippen LogP contribution is 2.49. The van der Waals surface area contributed by atoms with Crippen molar-refractivity contribution < 1.29 is 18.7 Å². The van der Waals surface area contributed by atoms with Gasteiger partial charge in [-0.25, -0.2) is 9.18 Å². The van der Waals surface area contributed by atoms with Crippen molar-refractivity contribution in [3.05, 3.63) is 159 Å². The maximum absolute atomic E-state index is 14.7. The monoisotopic (exact) mass is 693 g/mol. The van der Waals surface area contributed by atoms with Gasteiger partial charge >= 0.3 is 5.63 Å². The molecule has 2 heterocycles. The first-order valence-electron chi connectivity index (χ1n) is 17.3. The number of benzene rings is 4. The summed E-state index contributed by atoms with van der Waals surface area (Å²) in [5, 5.41) is 9.40. The zero-order chi connectivity index (χ0) is 34.9. The van der Waals surface area contributed by atoms with E-state index >= 15 is 0 Å². The molecule has 0 bridgehead atoms. The van der Waals surface area contributed by atoms with Crippen LogP contribution in [-0.4, -0.2) is 17.2 Å². The van der Waals surface area contributed by atoms with Gasteiger partial charge in [0.1, 0.15) is 17.3 Å². The van der Waals surface area contributed by atoms with Crippen LogP contribution >= 0.6 is 11.8 Å². The van der Waals surface area contributed by atoms with Crippen LogP contribution in [0.1, 0.15) is 64.6 Å². The fourth-order valence-electron chi connectivity index (χ4n) is 7.23. The molecule has 3 aliphatic carbocycles. The molecular weight excluding hydrogens is 658 g/mol. The zero-order valence-electron chi connectivity index (χ0n) is 28.1. The fourth-order valence-corrected chi connectivity index (χ4v) is 8.40. The number of nitrogens with zero attached hydrogens (tertiary/aromatic N) is 1. The molecule has 0 spiro atoms. The second-order valence-electron chi connectivity index (χ2n) is 13.1. The lowest BCUT2D eigenvalue weighted by atomic mass is 9.74. The molecule has 1 atom stereocenters. The topological polar surface area (TPSA) is 72.6 Å². The van der Waals surface area contributed by atoms with Gasteiger partial charge in [0.05, 0.1) is 35.5 Å². The van der Waals surface area contributed by atoms with Crippen molar-refractivity contribution in [2.24, 2.45) is 0 Å². The van der Waals surface area contributed by atoms with E-state index in [9.17, 15) is 9.18 Å². The number of methoxy groups -OCH3 is 1. The van der Waals surface area contributed by atoms with Crippen LogP contribution in [0.15, 0.2) is 128 Å². The molecule has 1 saturated carbocycles. The minimum Gasteiger partial charge on any atom is -0.508 e. The van der Waals surface area contributed by atoms with Crippen LogP contribution < -0.4 is 10.4 Å². The third-order valence-corrected chi connectivity index (χ3v) is 11.0. The summed E-state index contributed by atoms with van der Waals surface area (Å²) in [5.74, 6) is 1.17. The fraction of sp³-hybridized carbons (Fsp3) is 0.182. The van der Waals surface area contributed by atoms with Crippen molar-refractivity contribution in [3.8, 4) is 22.6 Å². The molecule has 7 heteroatoms. The van der Waals surface area contributed by atoms with Gasteiger partial charge in [-0.2, -0.15) is 0 Å². The lowest BCUT2D eigenvalue weighted by Gasteiger charge is -2.29. The number of fused-ring (bicyclic) bond motifs is 6. The van der Waals surface area contributed by atoms with Crippen LogP contribution in [-0.2, 0) is 12.8 Å². The number of aromatic hydroxyl groups is 1. The number of halogens is 1. The minimum absolute atomic E-state index is 0.0683. The number of para-hydroxylation sites is 1. The molecule has 0 radical (unpaired) electrons. The van der Waals surface area contributed by atoms with Crippen molar-refractivity contribution >= 4 is 34.8 Å². The Labute approximate surface area is 300 Å². The van der Waals surface area contributed by atoms with Crippen molar-refractivity contribution in [2.75, 3.05) is 7.11 Å². The molecule has 9 rings (SSSR count). The van der Waals surface area contributed by atoms with Gasteiger partial charge in [0, 0.05) is 33.7 Å². The average molecular weight is 694 g/mol. The van der Waals surface area contributed by atoms with Gasteiger partial charge in [-0.15, -0.1) is 0 Å². The number of hydrogen-bond donors (Lipinski definition) is 1. The van der Waals surface area contributed by atoms with Gasteiger partial charge in [0.25, 0.3) is 0 Å². The van der Waals surface area contributed by atoms with Gasteiger partial charge < -0.3 is 14.3 Å². The van der Waals surface area contributed by atoms with E-state index in [2.05, 4.69) is 71.2 Å². The summed E-state index contributed by atoms with van der Waals surface area (Å²) in [6, 6.07) is 28.8. The molecule has 1 N–H and O–H groups in total. The van der Waals surface area contributed by atoms with E-state index in [0.717, 1.165) is 82.1 Å². The molecule has 4 aromatic carbocycles. The summed E-state index contributed by atoms with van der Waals surface area (Å²) in [4.78, 5) is 17.4. The molecule has 6 aromatic rings. The van der Waals surface area contributed by atoms with Gasteiger partial charge in [-0.3, -0.25) is 4.98 Å². The lowest BCUT2D eigenvalue weighted by Crippen LogP contribution is -2.13. The van der Waals surface area contributed by atoms with E-state index in [1.807, 2.05) is 24.3 Å². The van der Waals surface area contributed by atoms with Crippen LogP contribution in [0.25, 0.3) is 34.2 Å². The average Bonchev–Trinajstić information content (AvgIpc) is 4.00. The molecule has 5 nitrogen and oxygen atoms in total. The standard InChI is InChI=1S/C39H32FNOS.C5H4O3/c1-42-36-12-6-7-13-37(36)43-39-32(38(25-14-15-25)41-35-21-18-27(40)23-34(35)39)20-17-26-22-33-28-9-3-2-8-24(28)16-19-31(33)30-11-5-4-10-29(26)30;6-4-1-2-8-5(7)3-4/h2,4-8,10-13,16-21,23,25-26H,3,9,14-15,22H2,1H3;1-3,6H/b20-17+;. The van der Waals surface area contributed by atoms with Crippen LogP contribution in [0.2, 0.25) is 0 Å². The molecule has 2 aromatic heterocycles. The molecule has 254 valence electrons. The largest absolute Gasteiger partial charge is 0.508 e. The molecule has 1 unspecified atom stereocenters. The maximum atomic E-state index is 14.7. The first-order chi connectivity index (χ1) is 25.0. The van der Waals surface area contributed by atoms with Gasteiger partial charge in [0.2, 0.25) is 0 Å². The van der Waals surface area contributed by atoms with Crippen molar-refractivity contribution in [2.45, 2.75) is 53.7 Å². The maximum Gasteiger partial charge on any atom is 0.339 e. The van der Waals surface area contributed by atoms with Crippen LogP contribution in [0.4, 0.5) is 4.39 Å². The summed E-state index contributed by atoms with van der Waals surface area (Å²) >= 11 is 1.65. The van der Waals surface area contributed by atoms with Crippen molar-refractivity contribution in [1.82, 2.24) is 4.98 Å². The lowest BCUT2D eigenvalue weighted by molar-refractivity contribution is 0.405. The summed E-state index contributed by atoms with van der Waals surface area (Å²) in [6.07, 6.45) is 15.8. The predicted molar refractivity (Wildman–Crippen MR) is 202 cm³/mol. The first kappa shape index (κ1) is 32.8. The van der Waals surface area contributed by atoms with E-state index < -0.39 is 5.63 Å². The Balaban J connectivity index is 0.000000415. The van der Waals surface area contributed by atoms with E-state index in [-0.39, 0.29) is 17.5 Å². The normalized spacial score (nSPS) is 15.8. The Morgan fingerprint density at radius 3 is 2.61 bits per heavy atom. The molecular formula is C44H36FNO4S. The van der Waals surface area contributed by atoms with E-state index in [1.165, 1.54) is 45.5 Å². The second-order valence-corrected chi connectivity index (χ2v) is 14.1. The molecule has 51 heavy (non-hydrogen) atoms. The summed E-state index contributed by atoms with van der Waals surface area (Å²) in [6.45, 7) is 0. The molecule has 0 aliphatic heterocycles. The number of rotatable bonds is 6. The number of ether oxygens (including phenoxy) is 1. The number of aromatic nitrogens is 1. The predicted octanol–water partition coefficient (Wildman–Crippen LogP) is 10.7. The number of pyridine rings is 1. The van der Waals surface area contributed by atoms with Gasteiger partial charge in [-0.05, 0) is 95.8 Å². The molecule has 0 amide bonds. The highest BCUT2D eigenvalue weighted by molar-refractivity contribution is 7.99. The van der Waals surface area contributed by atoms with E-state index in [1.54, 1.807) is 24.9 Å². The van der Waals surface area contributed by atoms with Crippen LogP contribution in [0.3, 0.4) is 0 Å². The highest BCUT2D eigenvalue weighted by Gasteiger charge is 2.31. The molecule has 3 aliphatic rings. The Hall–Kier alpha value is -5.40. The highest BCUT2D eigenvalue weighted by atomic mass is 32.2. The minimum atomic E-state index is -0.537. The number of hydrogen-bond acceptors (Lipinski definition) is 6. The third kappa shape index (κ3) is 6.74. The summed E-state index contributed by atoms with van der Waals surface area (Å²) in [5.41, 5.74) is 11.0. The molecule has 1 fully saturated rings. The quantitative estimate of drug-likeness (QED) is 0.187. The second kappa shape index (κ2) is 14.1. The van der Waals surface area contributed by atoms with E-state index in [0.29, 0.717) is 5.92 Å². The summed E-state index contributed by atoms with van der Waals surface area (Å²) in [7, 11) is 1.70. The van der Waals surface area contributed by atoms with Gasteiger partial charge in [-0.1, -0.05) is 84.6 Å². The molecule has 0 saturated heterocycles. The van der Waals surface area contributed by atoms with Crippen LogP contribution in [0, 0.1) is 5.82 Å². The Kier molecular flexibility index (Phi) is 9.05. The SMILES string of the molecule is COc1ccccc1Sc1c(/C=C/C2Cc3c(ccc4c3CCC=C4)-c3ccccc32)c(C2CC2)nc2ccc(F)cc12.O=c1cc(O)cco1. The van der Waals surface area contributed by atoms with Crippen LogP contribution in [0.5, 0.6) is 11.5 Å². The Morgan fingerprint density at radius 2 is 1.80 bits per heavy atom. The van der Waals surface area contributed by atoms with Crippen molar-refractivity contribution in [3.63, 3.8) is 0 Å². The number of allylic oxidation sites excluding steroid dienone is 2. The van der Waals surface area contributed by atoms with E-state index in [4.69, 9.17) is 14.8 Å². The Morgan fingerprint density at radius 1 is 0.961 bits per heavy atom. The van der Waals surface area contributed by atoms with Crippen molar-refractivity contribution in [1.29, 1.82) is 0 Å². The zero-order valence-corrected chi connectivity index (χ0v) is 29.0. The smallest absolute Gasteiger partial charge is 0.339 e. The first-order valence-corrected chi connectivity index (χ1v) is 18.1. The summed E-state index contributed by atoms with van der Waals surface area (Å²) < 4.78 is 24.8. The third-order valence-electron chi connectivity index (χ3n) is 9.79. The van der Waals surface area contributed by atoms with Gasteiger partial charge in [0.15, 0.2) is 0 Å².